The molecule has 0 fully saturated rings. The summed E-state index contributed by atoms with van der Waals surface area (Å²) in [5, 5.41) is 18.7. The molecule has 4 heteroatoms. The topological polar surface area (TPSA) is 51.0 Å². The van der Waals surface area contributed by atoms with E-state index in [9.17, 15) is 5.21 Å². The molecule has 0 saturated heterocycles. The minimum atomic E-state index is -0.903. The molecule has 1 unspecified atom stereocenters. The Morgan fingerprint density at radius 1 is 0.900 bits per heavy atom. The highest BCUT2D eigenvalue weighted by molar-refractivity contribution is 5.70. The van der Waals surface area contributed by atoms with Crippen LogP contribution in [0.5, 0.6) is 0 Å². The summed E-state index contributed by atoms with van der Waals surface area (Å²) in [7, 11) is 4.02. The van der Waals surface area contributed by atoms with Crippen molar-refractivity contribution in [1.82, 2.24) is 0 Å². The monoisotopic (exact) mass is 270 g/mol. The van der Waals surface area contributed by atoms with Gasteiger partial charge in [0, 0.05) is 31.9 Å². The first-order valence-electron chi connectivity index (χ1n) is 6.35. The number of rotatable bonds is 4. The number of hydrogen-bond donors (Lipinski definition) is 2. The number of anilines is 1. The van der Waals surface area contributed by atoms with Gasteiger partial charge < -0.3 is 10.1 Å². The summed E-state index contributed by atoms with van der Waals surface area (Å²) in [6.45, 7) is 0. The molecule has 4 nitrogen and oxygen atoms in total. The van der Waals surface area contributed by atoms with Crippen LogP contribution in [0.1, 0.15) is 11.1 Å². The highest BCUT2D eigenvalue weighted by Gasteiger charge is 1.98. The van der Waals surface area contributed by atoms with E-state index in [2.05, 4.69) is 29.2 Å². The second-order valence-electron chi connectivity index (χ2n) is 4.75. The summed E-state index contributed by atoms with van der Waals surface area (Å²) in [6, 6.07) is 15.0. The molecule has 0 aromatic heterocycles. The fraction of sp³-hybridized carbons (Fsp3) is 0.125. The number of nitrogens with one attached hydrogen (secondary N) is 1. The van der Waals surface area contributed by atoms with Crippen molar-refractivity contribution in [2.75, 3.05) is 19.0 Å². The summed E-state index contributed by atoms with van der Waals surface area (Å²) in [4.78, 5) is 2.05. The van der Waals surface area contributed by atoms with E-state index in [1.54, 1.807) is 24.3 Å². The standard InChI is InChI=1S/C16H18N2O2/c1-17(2)15-9-5-13(6-10-15)3-4-14-7-11-16(12-8-14)18(19)20/h3-12,18-19H,1-2H3. The lowest BCUT2D eigenvalue weighted by atomic mass is 10.1. The SMILES string of the molecule is CN(C)c1ccc(C=Cc2ccc([NH+]([O-])O)cc2)cc1. The average Bonchev–Trinajstić information content (AvgIpc) is 2.46. The summed E-state index contributed by atoms with van der Waals surface area (Å²) in [6.07, 6.45) is 3.98. The van der Waals surface area contributed by atoms with E-state index in [1.165, 1.54) is 0 Å². The molecule has 0 aliphatic rings. The van der Waals surface area contributed by atoms with E-state index in [0.29, 0.717) is 5.69 Å². The third kappa shape index (κ3) is 3.68. The van der Waals surface area contributed by atoms with Gasteiger partial charge in [-0.25, -0.2) is 5.21 Å². The molecular formula is C16H18N2O2. The lowest BCUT2D eigenvalue weighted by Crippen LogP contribution is -2.99. The van der Waals surface area contributed by atoms with Crippen molar-refractivity contribution < 1.29 is 10.4 Å². The van der Waals surface area contributed by atoms with E-state index < -0.39 is 5.23 Å². The Bertz CT molecular complexity index is 519. The van der Waals surface area contributed by atoms with Gasteiger partial charge >= 0.3 is 0 Å². The first kappa shape index (κ1) is 14.3. The van der Waals surface area contributed by atoms with E-state index >= 15 is 0 Å². The van der Waals surface area contributed by atoms with Crippen LogP contribution in [0.2, 0.25) is 0 Å². The van der Waals surface area contributed by atoms with Crippen molar-refractivity contribution in [2.24, 2.45) is 0 Å². The van der Waals surface area contributed by atoms with Gasteiger partial charge in [0.05, 0.1) is 0 Å². The Balaban J connectivity index is 2.08. The molecule has 0 bridgehead atoms. The lowest BCUT2D eigenvalue weighted by molar-refractivity contribution is -0.991. The zero-order valence-electron chi connectivity index (χ0n) is 11.6. The Kier molecular flexibility index (Phi) is 4.53. The van der Waals surface area contributed by atoms with Crippen LogP contribution in [0.3, 0.4) is 0 Å². The zero-order valence-corrected chi connectivity index (χ0v) is 11.6. The minimum absolute atomic E-state index is 0.303. The molecule has 2 rings (SSSR count). The maximum atomic E-state index is 10.8. The van der Waals surface area contributed by atoms with Crippen LogP contribution < -0.4 is 10.1 Å². The fourth-order valence-corrected chi connectivity index (χ4v) is 1.81. The van der Waals surface area contributed by atoms with Crippen LogP contribution in [0.4, 0.5) is 11.4 Å². The van der Waals surface area contributed by atoms with Crippen molar-refractivity contribution in [2.45, 2.75) is 0 Å². The molecule has 20 heavy (non-hydrogen) atoms. The summed E-state index contributed by atoms with van der Waals surface area (Å²) in [5.74, 6) is 0. The molecule has 104 valence electrons. The largest absolute Gasteiger partial charge is 0.595 e. The number of hydrogen-bond acceptors (Lipinski definition) is 3. The van der Waals surface area contributed by atoms with Gasteiger partial charge in [-0.15, -0.1) is 0 Å². The van der Waals surface area contributed by atoms with Crippen molar-refractivity contribution >= 4 is 23.5 Å². The predicted molar refractivity (Wildman–Crippen MR) is 81.9 cm³/mol. The highest BCUT2D eigenvalue weighted by atomic mass is 16.8. The Labute approximate surface area is 118 Å². The van der Waals surface area contributed by atoms with E-state index in [1.807, 2.05) is 26.2 Å². The Morgan fingerprint density at radius 2 is 1.35 bits per heavy atom. The molecule has 0 heterocycles. The molecule has 1 atom stereocenters. The van der Waals surface area contributed by atoms with E-state index in [0.717, 1.165) is 16.8 Å². The average molecular weight is 270 g/mol. The van der Waals surface area contributed by atoms with Gasteiger partial charge in [-0.05, 0) is 35.4 Å². The van der Waals surface area contributed by atoms with Gasteiger partial charge in [-0.3, -0.25) is 0 Å². The van der Waals surface area contributed by atoms with Crippen molar-refractivity contribution in [3.8, 4) is 0 Å². The van der Waals surface area contributed by atoms with Gasteiger partial charge in [0.2, 0.25) is 0 Å². The first-order valence-corrected chi connectivity index (χ1v) is 6.35. The lowest BCUT2D eigenvalue weighted by Gasteiger charge is -2.12. The Morgan fingerprint density at radius 3 is 1.75 bits per heavy atom. The second-order valence-corrected chi connectivity index (χ2v) is 4.75. The molecular weight excluding hydrogens is 252 g/mol. The van der Waals surface area contributed by atoms with Crippen LogP contribution in [-0.4, -0.2) is 19.3 Å². The van der Waals surface area contributed by atoms with Crippen molar-refractivity contribution in [3.63, 3.8) is 0 Å². The molecule has 2 aromatic carbocycles. The van der Waals surface area contributed by atoms with Crippen LogP contribution >= 0.6 is 0 Å². The van der Waals surface area contributed by atoms with Gasteiger partial charge in [0.1, 0.15) is 0 Å². The maximum absolute atomic E-state index is 10.8. The molecule has 0 aliphatic heterocycles. The zero-order chi connectivity index (χ0) is 14.5. The van der Waals surface area contributed by atoms with Crippen LogP contribution in [0.25, 0.3) is 12.2 Å². The van der Waals surface area contributed by atoms with Gasteiger partial charge in [-0.2, -0.15) is 5.23 Å². The van der Waals surface area contributed by atoms with Crippen LogP contribution in [0.15, 0.2) is 48.5 Å². The first-order chi connectivity index (χ1) is 9.56. The molecule has 0 aliphatic carbocycles. The van der Waals surface area contributed by atoms with Crippen molar-refractivity contribution in [3.05, 3.63) is 64.9 Å². The summed E-state index contributed by atoms with van der Waals surface area (Å²) in [5.41, 5.74) is 3.55. The molecule has 0 spiro atoms. The fourth-order valence-electron chi connectivity index (χ4n) is 1.81. The molecule has 0 saturated carbocycles. The van der Waals surface area contributed by atoms with Gasteiger partial charge in [0.15, 0.2) is 5.69 Å². The minimum Gasteiger partial charge on any atom is -0.595 e. The summed E-state index contributed by atoms with van der Waals surface area (Å²) < 4.78 is 0. The number of nitrogens with zero attached hydrogens (tertiary/aromatic N) is 1. The Hall–Kier alpha value is -2.14. The number of benzene rings is 2. The molecule has 2 N–H and O–H groups in total. The quantitative estimate of drug-likeness (QED) is 0.662. The third-order valence-electron chi connectivity index (χ3n) is 3.04. The summed E-state index contributed by atoms with van der Waals surface area (Å²) >= 11 is 0. The smallest absolute Gasteiger partial charge is 0.163 e. The predicted octanol–water partition coefficient (Wildman–Crippen LogP) is 2.33. The molecule has 0 amide bonds. The maximum Gasteiger partial charge on any atom is 0.163 e. The highest BCUT2D eigenvalue weighted by Crippen LogP contribution is 2.15. The number of quaternary nitrogens is 1. The third-order valence-corrected chi connectivity index (χ3v) is 3.04. The molecule has 0 radical (unpaired) electrons. The normalized spacial score (nSPS) is 12.6. The van der Waals surface area contributed by atoms with Crippen LogP contribution in [0, 0.1) is 5.21 Å². The second kappa shape index (κ2) is 6.34. The molecule has 2 aromatic rings. The van der Waals surface area contributed by atoms with Crippen LogP contribution in [-0.2, 0) is 0 Å². The van der Waals surface area contributed by atoms with Crippen molar-refractivity contribution in [1.29, 1.82) is 0 Å². The van der Waals surface area contributed by atoms with E-state index in [4.69, 9.17) is 5.21 Å². The van der Waals surface area contributed by atoms with Gasteiger partial charge in [-0.1, -0.05) is 24.3 Å². The van der Waals surface area contributed by atoms with Gasteiger partial charge in [0.25, 0.3) is 0 Å². The van der Waals surface area contributed by atoms with E-state index in [-0.39, 0.29) is 0 Å².